The third-order valence-corrected chi connectivity index (χ3v) is 6.60. The zero-order valence-corrected chi connectivity index (χ0v) is 24.3. The van der Waals surface area contributed by atoms with Gasteiger partial charge in [-0.1, -0.05) is 117 Å². The van der Waals surface area contributed by atoms with Gasteiger partial charge in [0.1, 0.15) is 11.3 Å². The molecule has 0 bridgehead atoms. The summed E-state index contributed by atoms with van der Waals surface area (Å²) in [5.41, 5.74) is -0.0216. The van der Waals surface area contributed by atoms with Crippen LogP contribution in [-0.4, -0.2) is 36.5 Å². The van der Waals surface area contributed by atoms with Crippen molar-refractivity contribution >= 4 is 23.9 Å². The maximum Gasteiger partial charge on any atom is 0.513 e. The maximum absolute atomic E-state index is 12.1. The summed E-state index contributed by atoms with van der Waals surface area (Å²) in [6.45, 7) is 4.95. The van der Waals surface area contributed by atoms with Crippen LogP contribution in [0.3, 0.4) is 0 Å². The summed E-state index contributed by atoms with van der Waals surface area (Å²) >= 11 is 0. The molecule has 0 saturated heterocycles. The van der Waals surface area contributed by atoms with Crippen LogP contribution in [-0.2, 0) is 9.47 Å². The molecular formula is C31H51NO7. The Balaban J connectivity index is 2.28. The topological polar surface area (TPSA) is 111 Å². The number of aromatic carboxylic acids is 1. The highest BCUT2D eigenvalue weighted by atomic mass is 16.7. The predicted molar refractivity (Wildman–Crippen MR) is 155 cm³/mol. The zero-order chi connectivity index (χ0) is 28.6. The van der Waals surface area contributed by atoms with Crippen LogP contribution in [0.15, 0.2) is 18.2 Å². The molecule has 39 heavy (non-hydrogen) atoms. The van der Waals surface area contributed by atoms with Gasteiger partial charge in [0.25, 0.3) is 0 Å². The molecule has 1 aromatic rings. The first kappa shape index (κ1) is 34.3. The number of hydrogen-bond donors (Lipinski definition) is 2. The molecule has 222 valence electrons. The molecule has 1 amide bonds. The monoisotopic (exact) mass is 549 g/mol. The van der Waals surface area contributed by atoms with Crippen LogP contribution in [0.2, 0.25) is 0 Å². The van der Waals surface area contributed by atoms with Gasteiger partial charge in [0.15, 0.2) is 0 Å². The molecule has 0 radical (unpaired) electrons. The van der Waals surface area contributed by atoms with Crippen LogP contribution in [0.25, 0.3) is 0 Å². The van der Waals surface area contributed by atoms with Crippen molar-refractivity contribution in [1.29, 1.82) is 0 Å². The largest absolute Gasteiger partial charge is 0.513 e. The highest BCUT2D eigenvalue weighted by Crippen LogP contribution is 2.24. The number of hydrogen-bond acceptors (Lipinski definition) is 6. The van der Waals surface area contributed by atoms with Gasteiger partial charge < -0.3 is 19.3 Å². The van der Waals surface area contributed by atoms with Crippen molar-refractivity contribution in [3.63, 3.8) is 0 Å². The minimum absolute atomic E-state index is 0.145. The van der Waals surface area contributed by atoms with Crippen molar-refractivity contribution in [2.24, 2.45) is 0 Å². The van der Waals surface area contributed by atoms with Gasteiger partial charge in [-0.05, 0) is 31.0 Å². The fourth-order valence-corrected chi connectivity index (χ4v) is 4.28. The van der Waals surface area contributed by atoms with E-state index in [-0.39, 0.29) is 23.6 Å². The lowest BCUT2D eigenvalue weighted by molar-refractivity contribution is 0.0689. The minimum Gasteiger partial charge on any atom is -0.478 e. The number of amides is 1. The summed E-state index contributed by atoms with van der Waals surface area (Å²) in [7, 11) is 0. The molecule has 0 aliphatic rings. The number of rotatable bonds is 23. The van der Waals surface area contributed by atoms with Gasteiger partial charge in [0.2, 0.25) is 0 Å². The van der Waals surface area contributed by atoms with E-state index >= 15 is 0 Å². The summed E-state index contributed by atoms with van der Waals surface area (Å²) in [5.74, 6) is -1.43. The summed E-state index contributed by atoms with van der Waals surface area (Å²) in [6.07, 6.45) is 19.3. The van der Waals surface area contributed by atoms with Crippen LogP contribution < -0.4 is 10.1 Å². The van der Waals surface area contributed by atoms with Crippen LogP contribution in [0.4, 0.5) is 15.3 Å². The van der Waals surface area contributed by atoms with Gasteiger partial charge in [0.05, 0.1) is 13.2 Å². The van der Waals surface area contributed by atoms with Gasteiger partial charge in [-0.3, -0.25) is 5.32 Å². The number of ether oxygens (including phenoxy) is 3. The molecule has 1 aromatic carbocycles. The highest BCUT2D eigenvalue weighted by Gasteiger charge is 2.17. The molecule has 8 heteroatoms. The first-order valence-electron chi connectivity index (χ1n) is 15.1. The lowest BCUT2D eigenvalue weighted by Gasteiger charge is -2.11. The van der Waals surface area contributed by atoms with E-state index in [1.807, 2.05) is 0 Å². The average Bonchev–Trinajstić information content (AvgIpc) is 2.91. The molecule has 0 fully saturated rings. The quantitative estimate of drug-likeness (QED) is 0.0794. The molecule has 1 rings (SSSR count). The molecule has 0 unspecified atom stereocenters. The van der Waals surface area contributed by atoms with Crippen molar-refractivity contribution in [2.45, 2.75) is 129 Å². The van der Waals surface area contributed by atoms with Crippen LogP contribution in [0.1, 0.15) is 140 Å². The van der Waals surface area contributed by atoms with E-state index in [0.29, 0.717) is 6.61 Å². The minimum atomic E-state index is -1.29. The van der Waals surface area contributed by atoms with Gasteiger partial charge in [0, 0.05) is 5.69 Å². The Hall–Kier alpha value is -2.77. The Morgan fingerprint density at radius 1 is 0.667 bits per heavy atom. The number of nitrogens with one attached hydrogen (secondary N) is 1. The second kappa shape index (κ2) is 23.1. The van der Waals surface area contributed by atoms with Crippen molar-refractivity contribution in [2.75, 3.05) is 18.5 Å². The maximum atomic E-state index is 12.1. The fourth-order valence-electron chi connectivity index (χ4n) is 4.28. The standard InChI is InChI=1S/C31H51NO7/c1-3-5-7-9-11-13-15-17-19-23-37-30(35)32-26-21-22-28(27(25-26)29(33)34)39-31(36)38-24-20-18-16-14-12-10-8-6-4-2/h21-22,25H,3-20,23-24H2,1-2H3,(H,32,35)(H,33,34). The Labute approximate surface area is 235 Å². The fraction of sp³-hybridized carbons (Fsp3) is 0.710. The second-order valence-corrected chi connectivity index (χ2v) is 10.1. The number of carbonyl (C=O) groups excluding carboxylic acids is 2. The number of unbranched alkanes of at least 4 members (excludes halogenated alkanes) is 16. The van der Waals surface area contributed by atoms with Gasteiger partial charge in [-0.2, -0.15) is 0 Å². The molecule has 0 aromatic heterocycles. The summed E-state index contributed by atoms with van der Waals surface area (Å²) in [5, 5.41) is 12.1. The molecule has 2 N–H and O–H groups in total. The van der Waals surface area contributed by atoms with Gasteiger partial charge in [-0.15, -0.1) is 0 Å². The van der Waals surface area contributed by atoms with Crippen LogP contribution >= 0.6 is 0 Å². The van der Waals surface area contributed by atoms with E-state index < -0.39 is 18.2 Å². The van der Waals surface area contributed by atoms with Crippen LogP contribution in [0, 0.1) is 0 Å². The van der Waals surface area contributed by atoms with Crippen molar-refractivity contribution in [3.05, 3.63) is 23.8 Å². The molecular weight excluding hydrogens is 498 g/mol. The summed E-state index contributed by atoms with van der Waals surface area (Å²) < 4.78 is 15.4. The van der Waals surface area contributed by atoms with Gasteiger partial charge in [-0.25, -0.2) is 14.4 Å². The predicted octanol–water partition coefficient (Wildman–Crippen LogP) is 9.51. The summed E-state index contributed by atoms with van der Waals surface area (Å²) in [4.78, 5) is 35.8. The molecule has 0 spiro atoms. The smallest absolute Gasteiger partial charge is 0.478 e. The molecule has 0 aliphatic carbocycles. The number of anilines is 1. The lowest BCUT2D eigenvalue weighted by Crippen LogP contribution is -2.16. The van der Waals surface area contributed by atoms with E-state index in [0.717, 1.165) is 38.5 Å². The van der Waals surface area contributed by atoms with E-state index in [4.69, 9.17) is 14.2 Å². The average molecular weight is 550 g/mol. The Morgan fingerprint density at radius 2 is 1.13 bits per heavy atom. The number of carbonyl (C=O) groups is 3. The van der Waals surface area contributed by atoms with E-state index in [1.165, 1.54) is 95.2 Å². The van der Waals surface area contributed by atoms with Crippen molar-refractivity contribution < 1.29 is 33.7 Å². The third kappa shape index (κ3) is 18.2. The van der Waals surface area contributed by atoms with Crippen molar-refractivity contribution in [1.82, 2.24) is 0 Å². The highest BCUT2D eigenvalue weighted by molar-refractivity contribution is 5.94. The van der Waals surface area contributed by atoms with E-state index in [1.54, 1.807) is 0 Å². The SMILES string of the molecule is CCCCCCCCCCCOC(=O)Nc1ccc(OC(=O)OCCCCCCCCCCC)c(C(=O)O)c1. The Bertz CT molecular complexity index is 812. The third-order valence-electron chi connectivity index (χ3n) is 6.60. The Kier molecular flexibility index (Phi) is 20.3. The molecule has 0 heterocycles. The number of carboxylic acid groups (broad SMARTS) is 1. The molecule has 8 nitrogen and oxygen atoms in total. The lowest BCUT2D eigenvalue weighted by atomic mass is 10.1. The molecule has 0 atom stereocenters. The first-order chi connectivity index (χ1) is 19.0. The van der Waals surface area contributed by atoms with Gasteiger partial charge >= 0.3 is 18.2 Å². The number of carboxylic acids is 1. The zero-order valence-electron chi connectivity index (χ0n) is 24.3. The van der Waals surface area contributed by atoms with Crippen molar-refractivity contribution in [3.8, 4) is 5.75 Å². The number of benzene rings is 1. The normalized spacial score (nSPS) is 10.7. The molecule has 0 aliphatic heterocycles. The van der Waals surface area contributed by atoms with Crippen LogP contribution in [0.5, 0.6) is 5.75 Å². The Morgan fingerprint density at radius 3 is 1.62 bits per heavy atom. The second-order valence-electron chi connectivity index (χ2n) is 10.1. The summed E-state index contributed by atoms with van der Waals surface area (Å²) in [6, 6.07) is 4.00. The van der Waals surface area contributed by atoms with E-state index in [9.17, 15) is 19.5 Å². The first-order valence-corrected chi connectivity index (χ1v) is 15.1. The van der Waals surface area contributed by atoms with E-state index in [2.05, 4.69) is 19.2 Å². The molecule has 0 saturated carbocycles.